The first-order chi connectivity index (χ1) is 14.4. The molecule has 0 rings (SSSR count). The van der Waals surface area contributed by atoms with E-state index in [0.717, 1.165) is 6.42 Å². The summed E-state index contributed by atoms with van der Waals surface area (Å²) in [4.78, 5) is 49.0. The van der Waals surface area contributed by atoms with Gasteiger partial charge < -0.3 is 32.5 Å². The van der Waals surface area contributed by atoms with E-state index >= 15 is 0 Å². The topological polar surface area (TPSA) is 177 Å². The number of aliphatic carboxylic acids is 1. The van der Waals surface area contributed by atoms with Crippen LogP contribution < -0.4 is 27.4 Å². The quantitative estimate of drug-likeness (QED) is 0.194. The SMILES string of the molecule is CCC(C)C(NC(=O)C(C)NC(=O)C(CC(C)C)NC(=O)C(N)CCCCN)C(=O)O. The van der Waals surface area contributed by atoms with Crippen molar-refractivity contribution in [1.82, 2.24) is 16.0 Å². The first kappa shape index (κ1) is 28.8. The van der Waals surface area contributed by atoms with Crippen molar-refractivity contribution in [2.24, 2.45) is 23.3 Å². The zero-order chi connectivity index (χ0) is 24.1. The molecule has 5 atom stereocenters. The molecular weight excluding hydrogens is 402 g/mol. The minimum atomic E-state index is -1.13. The molecule has 0 aliphatic rings. The zero-order valence-corrected chi connectivity index (χ0v) is 19.4. The molecule has 0 aromatic rings. The van der Waals surface area contributed by atoms with Crippen molar-refractivity contribution >= 4 is 23.7 Å². The highest BCUT2D eigenvalue weighted by molar-refractivity contribution is 5.93. The molecule has 0 fully saturated rings. The average molecular weight is 444 g/mol. The highest BCUT2D eigenvalue weighted by Crippen LogP contribution is 2.09. The van der Waals surface area contributed by atoms with E-state index in [9.17, 15) is 24.3 Å². The highest BCUT2D eigenvalue weighted by atomic mass is 16.4. The number of carbonyl (C=O) groups excluding carboxylic acids is 3. The van der Waals surface area contributed by atoms with Crippen LogP contribution in [0.15, 0.2) is 0 Å². The predicted molar refractivity (Wildman–Crippen MR) is 119 cm³/mol. The number of hydrogen-bond donors (Lipinski definition) is 6. The van der Waals surface area contributed by atoms with Crippen molar-refractivity contribution in [2.75, 3.05) is 6.54 Å². The van der Waals surface area contributed by atoms with Crippen LogP contribution in [0.5, 0.6) is 0 Å². The standard InChI is InChI=1S/C21H41N5O5/c1-6-13(4)17(21(30)31)26-18(27)14(5)24-20(29)16(11-12(2)3)25-19(28)15(23)9-7-8-10-22/h12-17H,6-11,22-23H2,1-5H3,(H,24,29)(H,25,28)(H,26,27)(H,30,31). The number of carboxylic acids is 1. The third kappa shape index (κ3) is 11.1. The summed E-state index contributed by atoms with van der Waals surface area (Å²) in [5.74, 6) is -2.84. The molecule has 0 aliphatic carbocycles. The summed E-state index contributed by atoms with van der Waals surface area (Å²) in [6.45, 7) is 9.37. The van der Waals surface area contributed by atoms with E-state index in [1.807, 2.05) is 20.8 Å². The molecule has 0 saturated heterocycles. The molecule has 0 spiro atoms. The van der Waals surface area contributed by atoms with Crippen molar-refractivity contribution in [2.45, 2.75) is 90.9 Å². The second-order valence-electron chi connectivity index (χ2n) is 8.52. The van der Waals surface area contributed by atoms with Crippen LogP contribution in [0, 0.1) is 11.8 Å². The van der Waals surface area contributed by atoms with Gasteiger partial charge in [-0.2, -0.15) is 0 Å². The Morgan fingerprint density at radius 3 is 2.00 bits per heavy atom. The lowest BCUT2D eigenvalue weighted by Gasteiger charge is -2.25. The molecule has 5 unspecified atom stereocenters. The fraction of sp³-hybridized carbons (Fsp3) is 0.810. The zero-order valence-electron chi connectivity index (χ0n) is 19.4. The molecule has 0 aliphatic heterocycles. The monoisotopic (exact) mass is 443 g/mol. The smallest absolute Gasteiger partial charge is 0.326 e. The fourth-order valence-corrected chi connectivity index (χ4v) is 2.96. The molecule has 0 bridgehead atoms. The van der Waals surface area contributed by atoms with Crippen molar-refractivity contribution in [3.8, 4) is 0 Å². The van der Waals surface area contributed by atoms with E-state index in [-0.39, 0.29) is 11.8 Å². The van der Waals surface area contributed by atoms with Crippen LogP contribution in [0.1, 0.15) is 66.7 Å². The number of unbranched alkanes of at least 4 members (excludes halogenated alkanes) is 1. The Bertz CT molecular complexity index is 599. The van der Waals surface area contributed by atoms with Gasteiger partial charge in [-0.25, -0.2) is 4.79 Å². The third-order valence-corrected chi connectivity index (χ3v) is 5.17. The maximum atomic E-state index is 12.7. The van der Waals surface area contributed by atoms with E-state index in [2.05, 4.69) is 16.0 Å². The maximum Gasteiger partial charge on any atom is 0.326 e. The maximum absolute atomic E-state index is 12.7. The molecule has 0 saturated carbocycles. The number of nitrogens with two attached hydrogens (primary N) is 2. The molecule has 0 heterocycles. The average Bonchev–Trinajstić information content (AvgIpc) is 2.69. The summed E-state index contributed by atoms with van der Waals surface area (Å²) < 4.78 is 0. The van der Waals surface area contributed by atoms with Gasteiger partial charge in [0.2, 0.25) is 17.7 Å². The molecule has 3 amide bonds. The second-order valence-corrected chi connectivity index (χ2v) is 8.52. The minimum Gasteiger partial charge on any atom is -0.480 e. The Hall–Kier alpha value is -2.20. The summed E-state index contributed by atoms with van der Waals surface area (Å²) >= 11 is 0. The van der Waals surface area contributed by atoms with Gasteiger partial charge in [-0.1, -0.05) is 40.5 Å². The molecule has 8 N–H and O–H groups in total. The number of hydrogen-bond acceptors (Lipinski definition) is 6. The van der Waals surface area contributed by atoms with Gasteiger partial charge in [0.25, 0.3) is 0 Å². The molecule has 180 valence electrons. The first-order valence-corrected chi connectivity index (χ1v) is 11.0. The van der Waals surface area contributed by atoms with E-state index in [1.165, 1.54) is 6.92 Å². The number of carbonyl (C=O) groups is 4. The lowest BCUT2D eigenvalue weighted by molar-refractivity contribution is -0.143. The van der Waals surface area contributed by atoms with Crippen molar-refractivity contribution < 1.29 is 24.3 Å². The van der Waals surface area contributed by atoms with Crippen molar-refractivity contribution in [3.63, 3.8) is 0 Å². The van der Waals surface area contributed by atoms with E-state index in [4.69, 9.17) is 11.5 Å². The van der Waals surface area contributed by atoms with Gasteiger partial charge in [0.1, 0.15) is 18.1 Å². The van der Waals surface area contributed by atoms with Gasteiger partial charge >= 0.3 is 5.97 Å². The lowest BCUT2D eigenvalue weighted by atomic mass is 9.99. The van der Waals surface area contributed by atoms with Gasteiger partial charge in [-0.15, -0.1) is 0 Å². The number of rotatable bonds is 15. The Morgan fingerprint density at radius 2 is 1.52 bits per heavy atom. The minimum absolute atomic E-state index is 0.107. The van der Waals surface area contributed by atoms with Gasteiger partial charge in [-0.3, -0.25) is 14.4 Å². The summed E-state index contributed by atoms with van der Waals surface area (Å²) in [5, 5.41) is 17.0. The lowest BCUT2D eigenvalue weighted by Crippen LogP contribution is -2.57. The molecule has 10 heteroatoms. The summed E-state index contributed by atoms with van der Waals surface area (Å²) in [5.41, 5.74) is 11.4. The third-order valence-electron chi connectivity index (χ3n) is 5.17. The Labute approximate surface area is 185 Å². The second kappa shape index (κ2) is 14.7. The van der Waals surface area contributed by atoms with Gasteiger partial charge in [-0.05, 0) is 44.6 Å². The largest absolute Gasteiger partial charge is 0.480 e. The number of nitrogens with one attached hydrogen (secondary N) is 3. The molecule has 10 nitrogen and oxygen atoms in total. The molecule has 0 aromatic heterocycles. The molecular formula is C21H41N5O5. The molecule has 31 heavy (non-hydrogen) atoms. The van der Waals surface area contributed by atoms with Crippen LogP contribution in [-0.4, -0.2) is 59.5 Å². The molecule has 0 aromatic carbocycles. The number of carboxylic acid groups (broad SMARTS) is 1. The highest BCUT2D eigenvalue weighted by Gasteiger charge is 2.30. The Kier molecular flexibility index (Phi) is 13.7. The van der Waals surface area contributed by atoms with Crippen LogP contribution in [0.2, 0.25) is 0 Å². The Morgan fingerprint density at radius 1 is 0.903 bits per heavy atom. The van der Waals surface area contributed by atoms with Crippen LogP contribution in [0.4, 0.5) is 0 Å². The normalized spacial score (nSPS) is 16.0. The van der Waals surface area contributed by atoms with Gasteiger partial charge in [0.05, 0.1) is 6.04 Å². The Balaban J connectivity index is 5.03. The van der Waals surface area contributed by atoms with Gasteiger partial charge in [0.15, 0.2) is 0 Å². The molecule has 0 radical (unpaired) electrons. The van der Waals surface area contributed by atoms with E-state index in [0.29, 0.717) is 32.2 Å². The summed E-state index contributed by atoms with van der Waals surface area (Å²) in [7, 11) is 0. The van der Waals surface area contributed by atoms with Crippen molar-refractivity contribution in [1.29, 1.82) is 0 Å². The summed E-state index contributed by atoms with van der Waals surface area (Å²) in [6.07, 6.45) is 2.88. The van der Waals surface area contributed by atoms with Crippen LogP contribution in [0.3, 0.4) is 0 Å². The van der Waals surface area contributed by atoms with E-state index in [1.54, 1.807) is 6.92 Å². The predicted octanol–water partition coefficient (Wildman–Crippen LogP) is 0.0938. The van der Waals surface area contributed by atoms with Crippen LogP contribution in [0.25, 0.3) is 0 Å². The first-order valence-electron chi connectivity index (χ1n) is 11.0. The van der Waals surface area contributed by atoms with E-state index < -0.39 is 47.9 Å². The van der Waals surface area contributed by atoms with Crippen molar-refractivity contribution in [3.05, 3.63) is 0 Å². The van der Waals surface area contributed by atoms with Gasteiger partial charge in [0, 0.05) is 0 Å². The summed E-state index contributed by atoms with van der Waals surface area (Å²) in [6, 6.07) is -3.62. The van der Waals surface area contributed by atoms with Crippen LogP contribution in [-0.2, 0) is 19.2 Å². The van der Waals surface area contributed by atoms with Crippen LogP contribution >= 0.6 is 0 Å². The number of amides is 3. The fourth-order valence-electron chi connectivity index (χ4n) is 2.96.